The first-order chi connectivity index (χ1) is 18.2. The van der Waals surface area contributed by atoms with Gasteiger partial charge in [0.05, 0.1) is 5.54 Å². The second-order valence-electron chi connectivity index (χ2n) is 11.1. The summed E-state index contributed by atoms with van der Waals surface area (Å²) in [4.78, 5) is 18.1. The first-order valence-corrected chi connectivity index (χ1v) is 13.3. The molecule has 3 nitrogen and oxygen atoms in total. The number of nitrogens with zero attached hydrogens (tertiary/aromatic N) is 2. The molecule has 0 radical (unpaired) electrons. The molecule has 38 heavy (non-hydrogen) atoms. The normalized spacial score (nSPS) is 24.6. The van der Waals surface area contributed by atoms with Gasteiger partial charge in [0.25, 0.3) is 5.91 Å². The number of hydrogen-bond donors (Lipinski definition) is 0. The zero-order valence-electron chi connectivity index (χ0n) is 21.7. The average molecular weight is 517 g/mol. The molecule has 2 aliphatic carbocycles. The molecule has 0 saturated heterocycles. The lowest BCUT2D eigenvalue weighted by molar-refractivity contribution is 0.00712. The second-order valence-corrected chi connectivity index (χ2v) is 11.1. The van der Waals surface area contributed by atoms with Crippen molar-refractivity contribution >= 4 is 11.5 Å². The summed E-state index contributed by atoms with van der Waals surface area (Å²) in [5, 5.41) is 0. The third-order valence-electron chi connectivity index (χ3n) is 9.27. The van der Waals surface area contributed by atoms with Crippen molar-refractivity contribution in [1.29, 1.82) is 0 Å². The summed E-state index contributed by atoms with van der Waals surface area (Å²) in [7, 11) is 4.06. The number of carbonyl (C=O) groups excluding carboxylic acids is 1. The van der Waals surface area contributed by atoms with Crippen LogP contribution in [0.5, 0.6) is 0 Å². The Morgan fingerprint density at radius 2 is 1.63 bits per heavy atom. The minimum absolute atomic E-state index is 0.164. The Kier molecular flexibility index (Phi) is 5.98. The van der Waals surface area contributed by atoms with Crippen LogP contribution in [0.1, 0.15) is 59.2 Å². The highest BCUT2D eigenvalue weighted by Crippen LogP contribution is 2.55. The van der Waals surface area contributed by atoms with Gasteiger partial charge in [-0.25, -0.2) is 13.2 Å². The molecular weight excluding hydrogens is 485 g/mol. The lowest BCUT2D eigenvalue weighted by Crippen LogP contribution is -2.60. The third-order valence-corrected chi connectivity index (χ3v) is 9.27. The van der Waals surface area contributed by atoms with Gasteiger partial charge in [0.2, 0.25) is 0 Å². The fourth-order valence-electron chi connectivity index (χ4n) is 7.26. The van der Waals surface area contributed by atoms with Gasteiger partial charge in [-0.2, -0.15) is 0 Å². The first kappa shape index (κ1) is 24.9. The van der Waals surface area contributed by atoms with Gasteiger partial charge in [0, 0.05) is 17.6 Å². The van der Waals surface area contributed by atoms with Crippen LogP contribution in [0.3, 0.4) is 0 Å². The summed E-state index contributed by atoms with van der Waals surface area (Å²) in [6.45, 7) is 0.514. The molecule has 3 aliphatic rings. The van der Waals surface area contributed by atoms with Crippen molar-refractivity contribution in [3.8, 4) is 0 Å². The van der Waals surface area contributed by atoms with Crippen LogP contribution in [-0.4, -0.2) is 41.9 Å². The molecule has 0 aromatic heterocycles. The second kappa shape index (κ2) is 9.12. The molecule has 6 heteroatoms. The van der Waals surface area contributed by atoms with Gasteiger partial charge in [0.1, 0.15) is 5.82 Å². The van der Waals surface area contributed by atoms with Crippen molar-refractivity contribution in [2.45, 2.75) is 49.6 Å². The smallest absolute Gasteiger partial charge is 0.254 e. The molecule has 3 aromatic carbocycles. The summed E-state index contributed by atoms with van der Waals surface area (Å²) < 4.78 is 42.2. The zero-order valence-corrected chi connectivity index (χ0v) is 21.7. The molecule has 3 aromatic rings. The molecule has 196 valence electrons. The summed E-state index contributed by atoms with van der Waals surface area (Å²) in [6, 6.07) is 18.7. The molecule has 0 N–H and O–H groups in total. The van der Waals surface area contributed by atoms with Crippen molar-refractivity contribution < 1.29 is 18.0 Å². The van der Waals surface area contributed by atoms with Crippen molar-refractivity contribution in [3.05, 3.63) is 112 Å². The van der Waals surface area contributed by atoms with Crippen LogP contribution in [0, 0.1) is 17.5 Å². The van der Waals surface area contributed by atoms with E-state index in [0.29, 0.717) is 19.4 Å². The molecule has 0 unspecified atom stereocenters. The predicted octanol–water partition coefficient (Wildman–Crippen LogP) is 6.73. The molecule has 0 bridgehead atoms. The highest BCUT2D eigenvalue weighted by Gasteiger charge is 2.54. The molecule has 1 saturated carbocycles. The third kappa shape index (κ3) is 3.72. The van der Waals surface area contributed by atoms with E-state index in [1.54, 1.807) is 12.1 Å². The lowest BCUT2D eigenvalue weighted by Gasteiger charge is -2.56. The average Bonchev–Trinajstić information content (AvgIpc) is 3.30. The fourth-order valence-corrected chi connectivity index (χ4v) is 7.26. The lowest BCUT2D eigenvalue weighted by atomic mass is 9.63. The number of halogens is 3. The van der Waals surface area contributed by atoms with Crippen LogP contribution in [0.15, 0.2) is 72.3 Å². The van der Waals surface area contributed by atoms with E-state index in [1.807, 2.05) is 25.1 Å². The highest BCUT2D eigenvalue weighted by molar-refractivity contribution is 5.96. The minimum Gasteiger partial charge on any atom is -0.329 e. The number of hydrogen-bond acceptors (Lipinski definition) is 2. The Morgan fingerprint density at radius 1 is 0.868 bits per heavy atom. The Hall–Kier alpha value is -3.38. The SMILES string of the molecule is CN(C)C1(c2cccc(F)c2)CCC2(CC1)C1=C(CCN2C(=O)c2ccc(F)c(F)c2)c2ccccc2C1. The van der Waals surface area contributed by atoms with E-state index in [2.05, 4.69) is 29.2 Å². The van der Waals surface area contributed by atoms with Crippen molar-refractivity contribution in [3.63, 3.8) is 0 Å². The molecule has 1 fully saturated rings. The molecule has 6 rings (SSSR count). The summed E-state index contributed by atoms with van der Waals surface area (Å²) in [5.41, 5.74) is 5.32. The summed E-state index contributed by atoms with van der Waals surface area (Å²) in [5.74, 6) is -2.51. The summed E-state index contributed by atoms with van der Waals surface area (Å²) in [6.07, 6.45) is 4.37. The maximum absolute atomic E-state index is 14.3. The maximum Gasteiger partial charge on any atom is 0.254 e. The van der Waals surface area contributed by atoms with E-state index < -0.39 is 17.2 Å². The predicted molar refractivity (Wildman–Crippen MR) is 142 cm³/mol. The molecule has 0 atom stereocenters. The van der Waals surface area contributed by atoms with E-state index in [9.17, 15) is 18.0 Å². The van der Waals surface area contributed by atoms with E-state index in [0.717, 1.165) is 43.4 Å². The monoisotopic (exact) mass is 516 g/mol. The number of fused-ring (bicyclic) bond motifs is 3. The van der Waals surface area contributed by atoms with E-state index in [-0.39, 0.29) is 22.8 Å². The molecule has 1 aliphatic heterocycles. The van der Waals surface area contributed by atoms with Gasteiger partial charge in [-0.1, -0.05) is 36.4 Å². The quantitative estimate of drug-likeness (QED) is 0.385. The van der Waals surface area contributed by atoms with E-state index in [1.165, 1.54) is 34.4 Å². The van der Waals surface area contributed by atoms with Crippen LogP contribution in [0.4, 0.5) is 13.2 Å². The van der Waals surface area contributed by atoms with Gasteiger partial charge < -0.3 is 4.90 Å². The van der Waals surface area contributed by atoms with Crippen LogP contribution in [0.25, 0.3) is 5.57 Å². The minimum atomic E-state index is -1.02. The van der Waals surface area contributed by atoms with Gasteiger partial charge >= 0.3 is 0 Å². The molecule has 1 heterocycles. The zero-order chi connectivity index (χ0) is 26.7. The summed E-state index contributed by atoms with van der Waals surface area (Å²) >= 11 is 0. The van der Waals surface area contributed by atoms with E-state index in [4.69, 9.17) is 0 Å². The van der Waals surface area contributed by atoms with Crippen LogP contribution < -0.4 is 0 Å². The number of rotatable bonds is 3. The number of amides is 1. The van der Waals surface area contributed by atoms with Crippen LogP contribution in [0.2, 0.25) is 0 Å². The molecular formula is C32H31F3N2O. The molecule has 1 amide bonds. The Labute approximate surface area is 221 Å². The maximum atomic E-state index is 14.3. The van der Waals surface area contributed by atoms with E-state index >= 15 is 0 Å². The Morgan fingerprint density at radius 3 is 2.34 bits per heavy atom. The van der Waals surface area contributed by atoms with Gasteiger partial charge in [-0.3, -0.25) is 9.69 Å². The van der Waals surface area contributed by atoms with Crippen LogP contribution in [-0.2, 0) is 12.0 Å². The first-order valence-electron chi connectivity index (χ1n) is 13.3. The molecule has 1 spiro atoms. The Balaban J connectivity index is 1.43. The number of benzene rings is 3. The van der Waals surface area contributed by atoms with Crippen molar-refractivity contribution in [1.82, 2.24) is 9.80 Å². The largest absolute Gasteiger partial charge is 0.329 e. The van der Waals surface area contributed by atoms with Crippen molar-refractivity contribution in [2.24, 2.45) is 0 Å². The standard InChI is InChI=1S/C32H31F3N2O/c1-36(2)31(23-7-5-8-24(33)20-23)13-15-32(16-14-31)27-18-21-6-3-4-9-25(21)26(27)12-17-37(32)30(38)22-10-11-28(34)29(35)19-22/h3-11,19-20H,12-18H2,1-2H3. The Bertz CT molecular complexity index is 1450. The topological polar surface area (TPSA) is 23.6 Å². The fraction of sp³-hybridized carbons (Fsp3) is 0.344. The van der Waals surface area contributed by atoms with Crippen molar-refractivity contribution in [2.75, 3.05) is 20.6 Å². The van der Waals surface area contributed by atoms with Gasteiger partial charge in [-0.15, -0.1) is 0 Å². The van der Waals surface area contributed by atoms with Gasteiger partial charge in [0.15, 0.2) is 11.6 Å². The number of carbonyl (C=O) groups is 1. The van der Waals surface area contributed by atoms with Gasteiger partial charge in [-0.05, 0) is 111 Å². The highest BCUT2D eigenvalue weighted by atomic mass is 19.2. The van der Waals surface area contributed by atoms with Crippen LogP contribution >= 0.6 is 0 Å².